The van der Waals surface area contributed by atoms with Gasteiger partial charge in [-0.15, -0.1) is 5.10 Å². The number of ketones is 1. The molecule has 0 saturated carbocycles. The number of anilines is 1. The largest absolute Gasteiger partial charge is 0.486 e. The van der Waals surface area contributed by atoms with E-state index in [-0.39, 0.29) is 18.2 Å². The summed E-state index contributed by atoms with van der Waals surface area (Å²) in [6.07, 6.45) is 0.911. The normalized spacial score (nSPS) is 11.0. The van der Waals surface area contributed by atoms with Crippen LogP contribution in [0.4, 0.5) is 5.82 Å². The number of aryl methyl sites for hydroxylation is 1. The third kappa shape index (κ3) is 4.37. The van der Waals surface area contributed by atoms with Gasteiger partial charge in [-0.1, -0.05) is 53.5 Å². The molecule has 2 aromatic heterocycles. The molecule has 0 aliphatic carbocycles. The molecule has 0 aliphatic heterocycles. The Balaban J connectivity index is 1.43. The Labute approximate surface area is 182 Å². The van der Waals surface area contributed by atoms with Gasteiger partial charge < -0.3 is 10.5 Å². The number of aromatic nitrogens is 4. The summed E-state index contributed by atoms with van der Waals surface area (Å²) in [5.41, 5.74) is 8.84. The molecule has 152 valence electrons. The number of nitrogen functional groups attached to an aromatic ring is 1. The number of benzene rings is 2. The van der Waals surface area contributed by atoms with E-state index >= 15 is 0 Å². The van der Waals surface area contributed by atoms with Crippen molar-refractivity contribution in [3.05, 3.63) is 75.3 Å². The van der Waals surface area contributed by atoms with Crippen molar-refractivity contribution in [1.29, 1.82) is 0 Å². The number of nitrogens with one attached hydrogen (secondary N) is 1. The Morgan fingerprint density at radius 3 is 2.67 bits per heavy atom. The minimum absolute atomic E-state index is 0.00417. The number of rotatable bonds is 7. The summed E-state index contributed by atoms with van der Waals surface area (Å²) in [4.78, 5) is 16.6. The number of ether oxygens (including phenoxy) is 1. The third-order valence-electron chi connectivity index (χ3n) is 4.61. The van der Waals surface area contributed by atoms with E-state index in [1.165, 1.54) is 0 Å². The average Bonchev–Trinajstić information content (AvgIpc) is 3.20. The fraction of sp³-hybridized carbons (Fsp3) is 0.143. The predicted octanol–water partition coefficient (Wildman–Crippen LogP) is 4.64. The molecule has 0 spiro atoms. The van der Waals surface area contributed by atoms with Gasteiger partial charge >= 0.3 is 0 Å². The lowest BCUT2D eigenvalue weighted by Crippen LogP contribution is -2.04. The van der Waals surface area contributed by atoms with E-state index in [1.807, 2.05) is 24.3 Å². The van der Waals surface area contributed by atoms with Crippen LogP contribution in [0.3, 0.4) is 0 Å². The number of hydrogen-bond donors (Lipinski definition) is 2. The molecule has 30 heavy (non-hydrogen) atoms. The van der Waals surface area contributed by atoms with Crippen molar-refractivity contribution in [1.82, 2.24) is 20.4 Å². The van der Waals surface area contributed by atoms with Gasteiger partial charge in [-0.2, -0.15) is 10.3 Å². The van der Waals surface area contributed by atoms with E-state index in [0.717, 1.165) is 11.1 Å². The van der Waals surface area contributed by atoms with Crippen LogP contribution in [0.5, 0.6) is 5.75 Å². The summed E-state index contributed by atoms with van der Waals surface area (Å²) in [5, 5.41) is 11.5. The average molecular weight is 442 g/mol. The molecule has 2 aromatic carbocycles. The Hall–Kier alpha value is -3.16. The number of nitrogens with two attached hydrogens (primary N) is 1. The van der Waals surface area contributed by atoms with Crippen LogP contribution in [0.1, 0.15) is 27.9 Å². The number of hydrogen-bond acceptors (Lipinski definition) is 6. The smallest absolute Gasteiger partial charge is 0.207 e. The van der Waals surface area contributed by atoms with Crippen molar-refractivity contribution in [3.63, 3.8) is 0 Å². The van der Waals surface area contributed by atoms with Gasteiger partial charge in [0.1, 0.15) is 12.4 Å². The summed E-state index contributed by atoms with van der Waals surface area (Å²) in [7, 11) is 0. The van der Waals surface area contributed by atoms with E-state index in [1.54, 1.807) is 24.3 Å². The van der Waals surface area contributed by atoms with Gasteiger partial charge in [0, 0.05) is 33.7 Å². The van der Waals surface area contributed by atoms with E-state index < -0.39 is 0 Å². The summed E-state index contributed by atoms with van der Waals surface area (Å²) in [5.74, 6) is 0.717. The Kier molecular flexibility index (Phi) is 5.83. The highest BCUT2D eigenvalue weighted by Gasteiger charge is 2.13. The fourth-order valence-corrected chi connectivity index (χ4v) is 3.49. The van der Waals surface area contributed by atoms with Gasteiger partial charge in [-0.25, -0.2) is 4.98 Å². The molecule has 0 amide bonds. The molecule has 0 fully saturated rings. The topological polar surface area (TPSA) is 107 Å². The molecule has 0 radical (unpaired) electrons. The van der Waals surface area contributed by atoms with Gasteiger partial charge in [0.05, 0.1) is 0 Å². The molecule has 0 atom stereocenters. The standard InChI is InChI=1S/C21H17Cl2N5O2/c22-15-4-2-1-3-12(15)7-8-17(29)13-5-6-14(16(23)9-13)11-30-18-10-19(24)25-21-20(18)26-28-27-21/h1-6,9-10H,7-8,11H2,(H3,24,25,26,27,28). The zero-order chi connectivity index (χ0) is 21.1. The molecule has 4 aromatic rings. The molecule has 0 bridgehead atoms. The number of H-pyrrole nitrogens is 1. The zero-order valence-corrected chi connectivity index (χ0v) is 17.2. The number of Topliss-reactive ketones (excluding diaryl/α,β-unsaturated/α-hetero) is 1. The van der Waals surface area contributed by atoms with Crippen molar-refractivity contribution < 1.29 is 9.53 Å². The van der Waals surface area contributed by atoms with Crippen molar-refractivity contribution in [2.75, 3.05) is 5.73 Å². The first-order chi connectivity index (χ1) is 14.5. The lowest BCUT2D eigenvalue weighted by Gasteiger charge is -2.10. The summed E-state index contributed by atoms with van der Waals surface area (Å²) in [6.45, 7) is 0.179. The second-order valence-corrected chi connectivity index (χ2v) is 7.46. The van der Waals surface area contributed by atoms with E-state index in [4.69, 9.17) is 33.7 Å². The number of halogens is 2. The Morgan fingerprint density at radius 1 is 1.03 bits per heavy atom. The second-order valence-electron chi connectivity index (χ2n) is 6.65. The van der Waals surface area contributed by atoms with Crippen LogP contribution in [0.15, 0.2) is 48.5 Å². The van der Waals surface area contributed by atoms with Crippen molar-refractivity contribution in [3.8, 4) is 5.75 Å². The number of aromatic amines is 1. The van der Waals surface area contributed by atoms with Crippen molar-refractivity contribution >= 4 is 46.0 Å². The van der Waals surface area contributed by atoms with E-state index in [2.05, 4.69) is 20.4 Å². The lowest BCUT2D eigenvalue weighted by atomic mass is 10.0. The number of carbonyl (C=O) groups excluding carboxylic acids is 1. The van der Waals surface area contributed by atoms with Crippen molar-refractivity contribution in [2.24, 2.45) is 0 Å². The highest BCUT2D eigenvalue weighted by Crippen LogP contribution is 2.26. The van der Waals surface area contributed by atoms with Gasteiger partial charge in [-0.05, 0) is 24.1 Å². The van der Waals surface area contributed by atoms with Gasteiger partial charge in [0.15, 0.2) is 17.0 Å². The van der Waals surface area contributed by atoms with Crippen LogP contribution in [0.2, 0.25) is 10.0 Å². The highest BCUT2D eigenvalue weighted by atomic mass is 35.5. The summed E-state index contributed by atoms with van der Waals surface area (Å²) in [6, 6.07) is 14.2. The van der Waals surface area contributed by atoms with Crippen LogP contribution in [0, 0.1) is 0 Å². The van der Waals surface area contributed by atoms with Crippen LogP contribution in [-0.4, -0.2) is 26.2 Å². The Morgan fingerprint density at radius 2 is 1.87 bits per heavy atom. The maximum absolute atomic E-state index is 12.6. The minimum Gasteiger partial charge on any atom is -0.486 e. The molecule has 3 N–H and O–H groups in total. The monoisotopic (exact) mass is 441 g/mol. The van der Waals surface area contributed by atoms with Crippen LogP contribution in [0.25, 0.3) is 11.2 Å². The maximum Gasteiger partial charge on any atom is 0.207 e. The van der Waals surface area contributed by atoms with Gasteiger partial charge in [0.25, 0.3) is 0 Å². The molecule has 4 rings (SSSR count). The predicted molar refractivity (Wildman–Crippen MR) is 116 cm³/mol. The quantitative estimate of drug-likeness (QED) is 0.404. The van der Waals surface area contributed by atoms with E-state index in [0.29, 0.717) is 45.4 Å². The SMILES string of the molecule is Nc1cc(OCc2ccc(C(=O)CCc3ccccc3Cl)cc2Cl)c2n[nH]nc2n1. The number of carbonyl (C=O) groups is 1. The number of fused-ring (bicyclic) bond motifs is 1. The molecular weight excluding hydrogens is 425 g/mol. The van der Waals surface area contributed by atoms with E-state index in [9.17, 15) is 4.79 Å². The highest BCUT2D eigenvalue weighted by molar-refractivity contribution is 6.32. The minimum atomic E-state index is -0.00417. The zero-order valence-electron chi connectivity index (χ0n) is 15.7. The molecule has 9 heteroatoms. The fourth-order valence-electron chi connectivity index (χ4n) is 3.02. The van der Waals surface area contributed by atoms with Crippen molar-refractivity contribution in [2.45, 2.75) is 19.4 Å². The lowest BCUT2D eigenvalue weighted by molar-refractivity contribution is 0.0983. The van der Waals surface area contributed by atoms with Gasteiger partial charge in [-0.3, -0.25) is 4.79 Å². The summed E-state index contributed by atoms with van der Waals surface area (Å²) < 4.78 is 5.82. The molecule has 0 unspecified atom stereocenters. The molecule has 7 nitrogen and oxygen atoms in total. The van der Waals surface area contributed by atoms with Crippen LogP contribution in [-0.2, 0) is 13.0 Å². The molecule has 0 aliphatic rings. The first kappa shape index (κ1) is 20.1. The molecular formula is C21H17Cl2N5O2. The summed E-state index contributed by atoms with van der Waals surface area (Å²) >= 11 is 12.5. The Bertz CT molecular complexity index is 1230. The maximum atomic E-state index is 12.6. The van der Waals surface area contributed by atoms with Gasteiger partial charge in [0.2, 0.25) is 5.65 Å². The van der Waals surface area contributed by atoms with Crippen LogP contribution >= 0.6 is 23.2 Å². The van der Waals surface area contributed by atoms with Crippen LogP contribution < -0.4 is 10.5 Å². The second kappa shape index (κ2) is 8.69. The first-order valence-corrected chi connectivity index (χ1v) is 9.91. The third-order valence-corrected chi connectivity index (χ3v) is 5.33. The first-order valence-electron chi connectivity index (χ1n) is 9.16. The number of pyridine rings is 1. The number of nitrogens with zero attached hydrogens (tertiary/aromatic N) is 3. The molecule has 2 heterocycles. The molecule has 0 saturated heterocycles.